The predicted octanol–water partition coefficient (Wildman–Crippen LogP) is 3.54. The molecule has 0 saturated carbocycles. The summed E-state index contributed by atoms with van der Waals surface area (Å²) < 4.78 is 2.62. The summed E-state index contributed by atoms with van der Waals surface area (Å²) in [6.45, 7) is 0. The number of nitrogens with zero attached hydrogens (tertiary/aromatic N) is 1. The molecule has 84 valence electrons. The third-order valence-electron chi connectivity index (χ3n) is 2.59. The summed E-state index contributed by atoms with van der Waals surface area (Å²) in [7, 11) is 0. The Bertz CT molecular complexity index is 646. The Labute approximate surface area is 111 Å². The molecule has 0 saturated heterocycles. The molecule has 0 aliphatic heterocycles. The molecule has 2 aromatic carbocycles. The average molecular weight is 307 g/mol. The van der Waals surface area contributed by atoms with E-state index >= 15 is 0 Å². The van der Waals surface area contributed by atoms with Gasteiger partial charge in [-0.2, -0.15) is 0 Å². The number of benzene rings is 2. The molecule has 0 bridgehead atoms. The number of halogens is 1. The first-order chi connectivity index (χ1) is 8.31. The summed E-state index contributed by atoms with van der Waals surface area (Å²) in [5.41, 5.74) is 2.38. The van der Waals surface area contributed by atoms with Gasteiger partial charge in [-0.1, -0.05) is 0 Å². The minimum atomic E-state index is 0.357. The van der Waals surface area contributed by atoms with E-state index in [4.69, 9.17) is 11.6 Å². The Morgan fingerprint density at radius 2 is 1.88 bits per heavy atom. The summed E-state index contributed by atoms with van der Waals surface area (Å²) in [5, 5.41) is 0.768. The molecule has 3 aromatic rings. The number of aromatic nitrogens is 1. The van der Waals surface area contributed by atoms with Gasteiger partial charge in [0.1, 0.15) is 0 Å². The average Bonchev–Trinajstić information content (AvgIpc) is 2.71. The summed E-state index contributed by atoms with van der Waals surface area (Å²) >= 11 is 6.33. The Kier molecular flexibility index (Phi) is 3.02. The van der Waals surface area contributed by atoms with Gasteiger partial charge in [-0.05, 0) is 0 Å². The normalized spacial score (nSPS) is 10.9. The predicted molar refractivity (Wildman–Crippen MR) is 72.9 cm³/mol. The zero-order valence-corrected chi connectivity index (χ0v) is 11.5. The fourth-order valence-electron chi connectivity index (χ4n) is 1.79. The topological polar surface area (TPSA) is 12.9 Å². The second-order valence-corrected chi connectivity index (χ2v) is 6.66. The van der Waals surface area contributed by atoms with Crippen LogP contribution >= 0.6 is 11.6 Å². The van der Waals surface area contributed by atoms with Crippen molar-refractivity contribution in [3.63, 3.8) is 0 Å². The fraction of sp³-hybridized carbons (Fsp3) is 0.0714. The van der Waals surface area contributed by atoms with Crippen molar-refractivity contribution in [1.82, 2.24) is 4.98 Å². The minimum absolute atomic E-state index is 0.357. The van der Waals surface area contributed by atoms with Crippen LogP contribution in [-0.4, -0.2) is 19.5 Å². The van der Waals surface area contributed by atoms with Crippen LogP contribution in [0.1, 0.15) is 10.1 Å². The van der Waals surface area contributed by atoms with Crippen LogP contribution in [0.5, 0.6) is 0 Å². The van der Waals surface area contributed by atoms with Crippen LogP contribution in [0.3, 0.4) is 0 Å². The third-order valence-corrected chi connectivity index (χ3v) is 5.00. The van der Waals surface area contributed by atoms with Gasteiger partial charge in [0.15, 0.2) is 0 Å². The molecule has 3 rings (SSSR count). The molecule has 1 heterocycles. The van der Waals surface area contributed by atoms with E-state index in [1.165, 1.54) is 14.4 Å². The molecule has 17 heavy (non-hydrogen) atoms. The molecule has 0 amide bonds. The SMILES string of the molecule is Clc1ccc2[se]c(Cc3ccccc3)nc2c1. The van der Waals surface area contributed by atoms with Crippen LogP contribution < -0.4 is 0 Å². The quantitative estimate of drug-likeness (QED) is 0.660. The summed E-state index contributed by atoms with van der Waals surface area (Å²) in [4.78, 5) is 4.67. The molecule has 0 unspecified atom stereocenters. The van der Waals surface area contributed by atoms with Crippen molar-refractivity contribution in [2.45, 2.75) is 6.42 Å². The number of hydrogen-bond acceptors (Lipinski definition) is 1. The van der Waals surface area contributed by atoms with Gasteiger partial charge in [0.25, 0.3) is 0 Å². The van der Waals surface area contributed by atoms with Crippen molar-refractivity contribution in [3.05, 3.63) is 63.7 Å². The van der Waals surface area contributed by atoms with Gasteiger partial charge in [-0.15, -0.1) is 0 Å². The van der Waals surface area contributed by atoms with E-state index < -0.39 is 0 Å². The van der Waals surface area contributed by atoms with Crippen molar-refractivity contribution in [2.75, 3.05) is 0 Å². The molecule has 3 heteroatoms. The summed E-state index contributed by atoms with van der Waals surface area (Å²) in [6.07, 6.45) is 0.952. The molecular formula is C14H10ClNSe. The van der Waals surface area contributed by atoms with Crippen LogP contribution in [-0.2, 0) is 6.42 Å². The van der Waals surface area contributed by atoms with Gasteiger partial charge >= 0.3 is 111 Å². The Morgan fingerprint density at radius 3 is 2.71 bits per heavy atom. The number of rotatable bonds is 2. The second-order valence-electron chi connectivity index (χ2n) is 3.88. The third kappa shape index (κ3) is 2.44. The number of fused-ring (bicyclic) bond motifs is 1. The van der Waals surface area contributed by atoms with Crippen molar-refractivity contribution in [1.29, 1.82) is 0 Å². The Hall–Kier alpha value is -1.08. The number of hydrogen-bond donors (Lipinski definition) is 0. The van der Waals surface area contributed by atoms with Crippen molar-refractivity contribution < 1.29 is 0 Å². The van der Waals surface area contributed by atoms with Crippen LogP contribution in [0.4, 0.5) is 0 Å². The first-order valence-corrected chi connectivity index (χ1v) is 7.49. The monoisotopic (exact) mass is 307 g/mol. The molecule has 0 radical (unpaired) electrons. The van der Waals surface area contributed by atoms with Gasteiger partial charge in [0, 0.05) is 0 Å². The zero-order valence-electron chi connectivity index (χ0n) is 9.06. The van der Waals surface area contributed by atoms with Crippen LogP contribution in [0.15, 0.2) is 48.5 Å². The van der Waals surface area contributed by atoms with E-state index in [0.717, 1.165) is 17.0 Å². The molecule has 0 aliphatic rings. The standard InChI is InChI=1S/C14H10ClNSe/c15-11-6-7-13-12(9-11)16-14(17-13)8-10-4-2-1-3-5-10/h1-7,9H,8H2. The summed E-state index contributed by atoms with van der Waals surface area (Å²) in [5.74, 6) is 0. The Morgan fingerprint density at radius 1 is 1.06 bits per heavy atom. The molecule has 0 N–H and O–H groups in total. The van der Waals surface area contributed by atoms with Crippen molar-refractivity contribution in [2.24, 2.45) is 0 Å². The van der Waals surface area contributed by atoms with Crippen molar-refractivity contribution >= 4 is 35.9 Å². The van der Waals surface area contributed by atoms with E-state index in [-0.39, 0.29) is 0 Å². The maximum atomic E-state index is 5.97. The van der Waals surface area contributed by atoms with Gasteiger partial charge in [-0.25, -0.2) is 0 Å². The molecule has 0 atom stereocenters. The fourth-order valence-corrected chi connectivity index (χ4v) is 4.02. The molecule has 0 fully saturated rings. The molecule has 0 aliphatic carbocycles. The van der Waals surface area contributed by atoms with Gasteiger partial charge in [0.2, 0.25) is 0 Å². The first-order valence-electron chi connectivity index (χ1n) is 5.40. The van der Waals surface area contributed by atoms with E-state index in [2.05, 4.69) is 35.3 Å². The second kappa shape index (κ2) is 4.66. The Balaban J connectivity index is 1.96. The van der Waals surface area contributed by atoms with Gasteiger partial charge in [0.05, 0.1) is 0 Å². The maximum absolute atomic E-state index is 5.97. The summed E-state index contributed by atoms with van der Waals surface area (Å²) in [6, 6.07) is 16.5. The van der Waals surface area contributed by atoms with Crippen LogP contribution in [0.2, 0.25) is 5.02 Å². The van der Waals surface area contributed by atoms with E-state index in [0.29, 0.717) is 14.5 Å². The van der Waals surface area contributed by atoms with Gasteiger partial charge < -0.3 is 0 Å². The van der Waals surface area contributed by atoms with Crippen LogP contribution in [0.25, 0.3) is 9.78 Å². The molecule has 0 spiro atoms. The van der Waals surface area contributed by atoms with Gasteiger partial charge in [-0.3, -0.25) is 0 Å². The molecular weight excluding hydrogens is 297 g/mol. The van der Waals surface area contributed by atoms with E-state index in [9.17, 15) is 0 Å². The van der Waals surface area contributed by atoms with Crippen molar-refractivity contribution in [3.8, 4) is 0 Å². The molecule has 1 aromatic heterocycles. The van der Waals surface area contributed by atoms with E-state index in [1.807, 2.05) is 18.2 Å². The zero-order chi connectivity index (χ0) is 11.7. The molecule has 1 nitrogen and oxygen atoms in total. The van der Waals surface area contributed by atoms with E-state index in [1.54, 1.807) is 0 Å². The first kappa shape index (κ1) is 11.0. The van der Waals surface area contributed by atoms with Crippen LogP contribution in [0, 0.1) is 0 Å².